The van der Waals surface area contributed by atoms with Gasteiger partial charge >= 0.3 is 5.97 Å². The summed E-state index contributed by atoms with van der Waals surface area (Å²) in [6, 6.07) is 1.11. The molecule has 0 atom stereocenters. The number of carboxylic acid groups (broad SMARTS) is 1. The largest absolute Gasteiger partial charge is 0.475 e. The third kappa shape index (κ3) is 2.47. The van der Waals surface area contributed by atoms with Gasteiger partial charge in [0.05, 0.1) is 0 Å². The molecule has 6 nitrogen and oxygen atoms in total. The van der Waals surface area contributed by atoms with Crippen molar-refractivity contribution in [2.75, 3.05) is 13.1 Å². The fourth-order valence-electron chi connectivity index (χ4n) is 1.15. The van der Waals surface area contributed by atoms with E-state index in [4.69, 9.17) is 5.11 Å². The van der Waals surface area contributed by atoms with Crippen LogP contribution in [0, 0.1) is 0 Å². The van der Waals surface area contributed by atoms with Crippen molar-refractivity contribution in [2.24, 2.45) is 0 Å². The predicted octanol–water partition coefficient (Wildman–Crippen LogP) is 1.02. The monoisotopic (exact) mass is 224 g/mol. The number of amides is 1. The molecule has 0 spiro atoms. The molecule has 16 heavy (non-hydrogen) atoms. The molecule has 1 aromatic heterocycles. The van der Waals surface area contributed by atoms with Crippen LogP contribution in [0.25, 0.3) is 0 Å². The number of hydrogen-bond acceptors (Lipinski definition) is 4. The third-order valence-electron chi connectivity index (χ3n) is 1.96. The molecule has 1 heterocycles. The molecule has 1 rings (SSSR count). The van der Waals surface area contributed by atoms with E-state index in [1.54, 1.807) is 13.0 Å². The van der Waals surface area contributed by atoms with Crippen LogP contribution in [0.2, 0.25) is 0 Å². The molecule has 0 aliphatic carbocycles. The Morgan fingerprint density at radius 2 is 2.38 bits per heavy atom. The molecule has 0 aliphatic rings. The molecule has 1 N–H and O–H groups in total. The zero-order valence-corrected chi connectivity index (χ0v) is 8.84. The van der Waals surface area contributed by atoms with Gasteiger partial charge in [-0.05, 0) is 6.92 Å². The number of carbonyl (C=O) groups is 2. The highest BCUT2D eigenvalue weighted by Crippen LogP contribution is 2.07. The van der Waals surface area contributed by atoms with Crippen LogP contribution in [0.1, 0.15) is 28.0 Å². The fraction of sp³-hybridized carbons (Fsp3) is 0.300. The van der Waals surface area contributed by atoms with Gasteiger partial charge in [0.2, 0.25) is 5.76 Å². The number of carbonyl (C=O) groups excluding carboxylic acids is 1. The lowest BCUT2D eigenvalue weighted by Crippen LogP contribution is -2.31. The summed E-state index contributed by atoms with van der Waals surface area (Å²) in [5.41, 5.74) is -0.0129. The van der Waals surface area contributed by atoms with Gasteiger partial charge in [-0.25, -0.2) is 4.79 Å². The molecule has 0 radical (unpaired) electrons. The molecular weight excluding hydrogens is 212 g/mol. The van der Waals surface area contributed by atoms with Crippen LogP contribution >= 0.6 is 0 Å². The molecule has 1 aromatic rings. The minimum Gasteiger partial charge on any atom is -0.475 e. The molecule has 0 bridgehead atoms. The summed E-state index contributed by atoms with van der Waals surface area (Å²) in [4.78, 5) is 23.8. The van der Waals surface area contributed by atoms with E-state index < -0.39 is 5.97 Å². The first kappa shape index (κ1) is 12.0. The molecular formula is C10H12N2O4. The second-order valence-corrected chi connectivity index (χ2v) is 3.01. The highest BCUT2D eigenvalue weighted by atomic mass is 16.5. The quantitative estimate of drug-likeness (QED) is 0.755. The van der Waals surface area contributed by atoms with Crippen molar-refractivity contribution in [1.29, 1.82) is 0 Å². The van der Waals surface area contributed by atoms with Crippen molar-refractivity contribution in [3.05, 3.63) is 30.2 Å². The average molecular weight is 224 g/mol. The third-order valence-corrected chi connectivity index (χ3v) is 1.96. The van der Waals surface area contributed by atoms with Gasteiger partial charge < -0.3 is 14.5 Å². The summed E-state index contributed by atoms with van der Waals surface area (Å²) < 4.78 is 4.50. The number of rotatable bonds is 5. The minimum absolute atomic E-state index is 0.0129. The topological polar surface area (TPSA) is 83.6 Å². The zero-order valence-electron chi connectivity index (χ0n) is 8.84. The number of carboxylic acids is 1. The second kappa shape index (κ2) is 5.11. The van der Waals surface area contributed by atoms with Crippen LogP contribution < -0.4 is 0 Å². The van der Waals surface area contributed by atoms with E-state index in [-0.39, 0.29) is 17.4 Å². The first-order chi connectivity index (χ1) is 7.60. The summed E-state index contributed by atoms with van der Waals surface area (Å²) in [5.74, 6) is -1.98. The van der Waals surface area contributed by atoms with E-state index in [1.165, 1.54) is 4.90 Å². The standard InChI is InChI=1S/C10H12N2O4/c1-3-5-12(4-2)9(13)7-6-8(10(14)15)16-11-7/h3,6H,1,4-5H2,2H3,(H,14,15). The Kier molecular flexibility index (Phi) is 3.82. The number of nitrogens with zero attached hydrogens (tertiary/aromatic N) is 2. The van der Waals surface area contributed by atoms with Crippen molar-refractivity contribution in [3.63, 3.8) is 0 Å². The number of likely N-dealkylation sites (N-methyl/N-ethyl adjacent to an activating group) is 1. The molecule has 0 unspecified atom stereocenters. The van der Waals surface area contributed by atoms with Crippen molar-refractivity contribution < 1.29 is 19.2 Å². The summed E-state index contributed by atoms with van der Waals surface area (Å²) in [7, 11) is 0. The lowest BCUT2D eigenvalue weighted by atomic mass is 10.3. The van der Waals surface area contributed by atoms with Gasteiger partial charge in [-0.3, -0.25) is 4.79 Å². The van der Waals surface area contributed by atoms with Crippen LogP contribution in [-0.4, -0.2) is 40.1 Å². The molecule has 0 saturated heterocycles. The Morgan fingerprint density at radius 1 is 1.69 bits per heavy atom. The van der Waals surface area contributed by atoms with Gasteiger partial charge in [-0.15, -0.1) is 6.58 Å². The normalized spacial score (nSPS) is 9.81. The maximum Gasteiger partial charge on any atom is 0.374 e. The second-order valence-electron chi connectivity index (χ2n) is 3.01. The van der Waals surface area contributed by atoms with Crippen molar-refractivity contribution in [3.8, 4) is 0 Å². The number of hydrogen-bond donors (Lipinski definition) is 1. The summed E-state index contributed by atoms with van der Waals surface area (Å²) in [6.45, 7) is 6.20. The Labute approximate surface area is 92.1 Å². The van der Waals surface area contributed by atoms with Crippen molar-refractivity contribution in [2.45, 2.75) is 6.92 Å². The van der Waals surface area contributed by atoms with Crippen molar-refractivity contribution in [1.82, 2.24) is 10.1 Å². The molecule has 6 heteroatoms. The number of aromatic carboxylic acids is 1. The summed E-state index contributed by atoms with van der Waals surface area (Å²) >= 11 is 0. The Morgan fingerprint density at radius 3 is 2.81 bits per heavy atom. The Bertz CT molecular complexity index is 411. The van der Waals surface area contributed by atoms with Crippen molar-refractivity contribution >= 4 is 11.9 Å². The van der Waals surface area contributed by atoms with Crippen LogP contribution in [-0.2, 0) is 0 Å². The molecule has 86 valence electrons. The van der Waals surface area contributed by atoms with Gasteiger partial charge in [0.1, 0.15) is 0 Å². The molecule has 0 aliphatic heterocycles. The minimum atomic E-state index is -1.25. The van der Waals surface area contributed by atoms with Crippen LogP contribution in [0.5, 0.6) is 0 Å². The van der Waals surface area contributed by atoms with Gasteiger partial charge in [0.15, 0.2) is 5.69 Å². The molecule has 0 aromatic carbocycles. The highest BCUT2D eigenvalue weighted by Gasteiger charge is 2.20. The van der Waals surface area contributed by atoms with E-state index in [2.05, 4.69) is 16.3 Å². The highest BCUT2D eigenvalue weighted by molar-refractivity contribution is 5.94. The van der Waals surface area contributed by atoms with Gasteiger partial charge in [-0.1, -0.05) is 11.2 Å². The lowest BCUT2D eigenvalue weighted by molar-refractivity contribution is 0.0649. The van der Waals surface area contributed by atoms with Crippen LogP contribution in [0.15, 0.2) is 23.2 Å². The maximum absolute atomic E-state index is 11.8. The van der Waals surface area contributed by atoms with E-state index in [1.807, 2.05) is 0 Å². The average Bonchev–Trinajstić information content (AvgIpc) is 2.74. The first-order valence-electron chi connectivity index (χ1n) is 4.70. The van der Waals surface area contributed by atoms with Crippen LogP contribution in [0.3, 0.4) is 0 Å². The lowest BCUT2D eigenvalue weighted by Gasteiger charge is -2.16. The van der Waals surface area contributed by atoms with Gasteiger partial charge in [-0.2, -0.15) is 0 Å². The number of aromatic nitrogens is 1. The maximum atomic E-state index is 11.8. The molecule has 0 fully saturated rings. The Balaban J connectivity index is 2.86. The van der Waals surface area contributed by atoms with E-state index in [9.17, 15) is 9.59 Å². The summed E-state index contributed by atoms with van der Waals surface area (Å²) in [5, 5.41) is 12.0. The van der Waals surface area contributed by atoms with E-state index in [0.29, 0.717) is 13.1 Å². The SMILES string of the molecule is C=CCN(CC)C(=O)c1cc(C(=O)O)on1. The Hall–Kier alpha value is -2.11. The van der Waals surface area contributed by atoms with E-state index in [0.717, 1.165) is 6.07 Å². The molecule has 0 saturated carbocycles. The summed E-state index contributed by atoms with van der Waals surface area (Å²) in [6.07, 6.45) is 1.58. The fourth-order valence-corrected chi connectivity index (χ4v) is 1.15. The van der Waals surface area contributed by atoms with Crippen LogP contribution in [0.4, 0.5) is 0 Å². The first-order valence-corrected chi connectivity index (χ1v) is 4.70. The smallest absolute Gasteiger partial charge is 0.374 e. The molecule has 1 amide bonds. The predicted molar refractivity (Wildman–Crippen MR) is 55.2 cm³/mol. The zero-order chi connectivity index (χ0) is 12.1. The van der Waals surface area contributed by atoms with E-state index >= 15 is 0 Å². The van der Waals surface area contributed by atoms with Gasteiger partial charge in [0, 0.05) is 19.2 Å². The van der Waals surface area contributed by atoms with Gasteiger partial charge in [0.25, 0.3) is 5.91 Å².